The maximum absolute atomic E-state index is 12.8. The maximum atomic E-state index is 12.8. The topological polar surface area (TPSA) is 54.9 Å². The highest BCUT2D eigenvalue weighted by Crippen LogP contribution is 2.28. The molecule has 1 aliphatic heterocycles. The van der Waals surface area contributed by atoms with Gasteiger partial charge in [-0.15, -0.1) is 0 Å². The van der Waals surface area contributed by atoms with Gasteiger partial charge in [-0.3, -0.25) is 4.90 Å². The number of aromatic nitrogens is 1. The number of ether oxygens (including phenoxy) is 2. The Morgan fingerprint density at radius 2 is 1.83 bits per heavy atom. The van der Waals surface area contributed by atoms with Crippen LogP contribution in [0.2, 0.25) is 0 Å². The molecule has 36 heavy (non-hydrogen) atoms. The number of likely N-dealkylation sites (N-methyl/N-ethyl adjacent to an activating group) is 1. The highest BCUT2D eigenvalue weighted by Gasteiger charge is 2.31. The molecule has 0 aliphatic carbocycles. The van der Waals surface area contributed by atoms with Crippen molar-refractivity contribution in [2.75, 3.05) is 24.5 Å². The van der Waals surface area contributed by atoms with Crippen LogP contribution in [0.25, 0.3) is 0 Å². The average molecular weight is 488 g/mol. The molecule has 2 aromatic carbocycles. The molecule has 2 heterocycles. The summed E-state index contributed by atoms with van der Waals surface area (Å²) < 4.78 is 11.5. The maximum Gasteiger partial charge on any atom is 0.342 e. The minimum Gasteiger partial charge on any atom is -0.489 e. The van der Waals surface area contributed by atoms with Crippen LogP contribution >= 0.6 is 0 Å². The Morgan fingerprint density at radius 3 is 2.53 bits per heavy atom. The van der Waals surface area contributed by atoms with Gasteiger partial charge in [0.1, 0.15) is 23.7 Å². The van der Waals surface area contributed by atoms with Crippen molar-refractivity contribution in [1.82, 2.24) is 9.88 Å². The van der Waals surface area contributed by atoms with E-state index in [1.54, 1.807) is 6.20 Å². The zero-order chi connectivity index (χ0) is 25.5. The number of anilines is 1. The van der Waals surface area contributed by atoms with Crippen molar-refractivity contribution in [1.29, 1.82) is 0 Å². The Balaban J connectivity index is 1.38. The van der Waals surface area contributed by atoms with E-state index in [0.717, 1.165) is 55.3 Å². The van der Waals surface area contributed by atoms with Gasteiger partial charge in [-0.1, -0.05) is 49.4 Å². The van der Waals surface area contributed by atoms with E-state index in [1.807, 2.05) is 45.0 Å². The highest BCUT2D eigenvalue weighted by atomic mass is 16.5. The van der Waals surface area contributed by atoms with Crippen LogP contribution in [0.3, 0.4) is 0 Å². The number of nitrogens with zero attached hydrogens (tertiary/aromatic N) is 3. The Bertz CT molecular complexity index is 1130. The molecule has 0 radical (unpaired) electrons. The van der Waals surface area contributed by atoms with Crippen LogP contribution in [0, 0.1) is 6.92 Å². The van der Waals surface area contributed by atoms with Crippen molar-refractivity contribution in [2.45, 2.75) is 59.4 Å². The van der Waals surface area contributed by atoms with Crippen LogP contribution in [0.4, 0.5) is 5.82 Å². The third-order valence-corrected chi connectivity index (χ3v) is 6.63. The Labute approximate surface area is 214 Å². The van der Waals surface area contributed by atoms with E-state index in [-0.39, 0.29) is 12.1 Å². The minimum atomic E-state index is -0.295. The molecule has 0 spiro atoms. The number of carbonyl (C=O) groups is 1. The monoisotopic (exact) mass is 487 g/mol. The second kappa shape index (κ2) is 12.0. The first-order valence-electron chi connectivity index (χ1n) is 12.9. The molecule has 0 N–H and O–H groups in total. The highest BCUT2D eigenvalue weighted by molar-refractivity contribution is 5.96. The van der Waals surface area contributed by atoms with Crippen LogP contribution in [0.1, 0.15) is 54.2 Å². The van der Waals surface area contributed by atoms with Crippen LogP contribution in [-0.4, -0.2) is 47.6 Å². The standard InChI is InChI=1S/C30H37N3O3/c1-5-32(19-24-11-13-27(14-12-24)35-21-25-9-7-6-8-10-25)26-16-18-33(20-26)29-28(23(4)15-17-31-29)30(34)36-22(2)3/h6-15,17,22,26H,5,16,18-21H2,1-4H3/t26-/m1/s1. The average Bonchev–Trinajstić information content (AvgIpc) is 3.37. The quantitative estimate of drug-likeness (QED) is 0.345. The van der Waals surface area contributed by atoms with Gasteiger partial charge in [0.05, 0.1) is 6.10 Å². The molecular weight excluding hydrogens is 450 g/mol. The lowest BCUT2D eigenvalue weighted by molar-refractivity contribution is 0.0377. The first-order chi connectivity index (χ1) is 17.4. The summed E-state index contributed by atoms with van der Waals surface area (Å²) >= 11 is 0. The third-order valence-electron chi connectivity index (χ3n) is 6.63. The molecule has 0 saturated carbocycles. The van der Waals surface area contributed by atoms with Gasteiger partial charge in [0.25, 0.3) is 0 Å². The van der Waals surface area contributed by atoms with Crippen molar-refractivity contribution < 1.29 is 14.3 Å². The zero-order valence-electron chi connectivity index (χ0n) is 21.8. The largest absolute Gasteiger partial charge is 0.489 e. The smallest absolute Gasteiger partial charge is 0.342 e. The van der Waals surface area contributed by atoms with Gasteiger partial charge in [0.2, 0.25) is 0 Å². The summed E-state index contributed by atoms with van der Waals surface area (Å²) in [4.78, 5) is 22.1. The summed E-state index contributed by atoms with van der Waals surface area (Å²) in [6.07, 6.45) is 2.64. The van der Waals surface area contributed by atoms with E-state index < -0.39 is 0 Å². The van der Waals surface area contributed by atoms with Crippen molar-refractivity contribution >= 4 is 11.8 Å². The Morgan fingerprint density at radius 1 is 1.08 bits per heavy atom. The van der Waals surface area contributed by atoms with E-state index >= 15 is 0 Å². The number of hydrogen-bond donors (Lipinski definition) is 0. The van der Waals surface area contributed by atoms with Gasteiger partial charge >= 0.3 is 5.97 Å². The molecule has 1 atom stereocenters. The first kappa shape index (κ1) is 25.7. The number of aryl methyl sites for hydroxylation is 1. The predicted octanol–water partition coefficient (Wildman–Crippen LogP) is 5.64. The molecule has 0 amide bonds. The van der Waals surface area contributed by atoms with E-state index in [1.165, 1.54) is 5.56 Å². The summed E-state index contributed by atoms with van der Waals surface area (Å²) in [5.74, 6) is 1.32. The summed E-state index contributed by atoms with van der Waals surface area (Å²) in [5, 5.41) is 0. The van der Waals surface area contributed by atoms with Crippen LogP contribution in [-0.2, 0) is 17.9 Å². The summed E-state index contributed by atoms with van der Waals surface area (Å²) in [6.45, 7) is 12.0. The molecule has 1 aliphatic rings. The summed E-state index contributed by atoms with van der Waals surface area (Å²) in [6, 6.07) is 20.9. The van der Waals surface area contributed by atoms with E-state index in [4.69, 9.17) is 9.47 Å². The Hall–Kier alpha value is -3.38. The number of hydrogen-bond acceptors (Lipinski definition) is 6. The second-order valence-corrected chi connectivity index (χ2v) is 9.65. The lowest BCUT2D eigenvalue weighted by atomic mass is 10.1. The van der Waals surface area contributed by atoms with Gasteiger partial charge in [0, 0.05) is 31.9 Å². The van der Waals surface area contributed by atoms with Gasteiger partial charge in [-0.25, -0.2) is 9.78 Å². The predicted molar refractivity (Wildman–Crippen MR) is 143 cm³/mol. The molecule has 190 valence electrons. The fraction of sp³-hybridized carbons (Fsp3) is 0.400. The molecule has 1 aromatic heterocycles. The zero-order valence-corrected chi connectivity index (χ0v) is 21.8. The molecule has 6 heteroatoms. The molecule has 1 saturated heterocycles. The van der Waals surface area contributed by atoms with Crippen molar-refractivity contribution in [2.24, 2.45) is 0 Å². The van der Waals surface area contributed by atoms with Gasteiger partial charge in [0.15, 0.2) is 0 Å². The van der Waals surface area contributed by atoms with Crippen LogP contribution in [0.5, 0.6) is 5.75 Å². The van der Waals surface area contributed by atoms with E-state index in [9.17, 15) is 4.79 Å². The normalized spacial score (nSPS) is 15.5. The number of benzene rings is 2. The molecule has 6 nitrogen and oxygen atoms in total. The van der Waals surface area contributed by atoms with Crippen molar-refractivity contribution in [3.63, 3.8) is 0 Å². The fourth-order valence-corrected chi connectivity index (χ4v) is 4.71. The van der Waals surface area contributed by atoms with Gasteiger partial charge in [-0.05, 0) is 68.6 Å². The molecule has 4 rings (SSSR count). The van der Waals surface area contributed by atoms with Gasteiger partial charge in [-0.2, -0.15) is 0 Å². The van der Waals surface area contributed by atoms with E-state index in [0.29, 0.717) is 18.2 Å². The third kappa shape index (κ3) is 6.43. The molecule has 0 bridgehead atoms. The number of pyridine rings is 1. The Kier molecular flexibility index (Phi) is 8.60. The van der Waals surface area contributed by atoms with Crippen LogP contribution in [0.15, 0.2) is 66.9 Å². The number of rotatable bonds is 10. The van der Waals surface area contributed by atoms with Gasteiger partial charge < -0.3 is 14.4 Å². The summed E-state index contributed by atoms with van der Waals surface area (Å²) in [7, 11) is 0. The van der Waals surface area contributed by atoms with Crippen molar-refractivity contribution in [3.05, 3.63) is 89.1 Å². The molecule has 1 fully saturated rings. The van der Waals surface area contributed by atoms with Crippen molar-refractivity contribution in [3.8, 4) is 5.75 Å². The fourth-order valence-electron chi connectivity index (χ4n) is 4.71. The second-order valence-electron chi connectivity index (χ2n) is 9.65. The lowest BCUT2D eigenvalue weighted by Gasteiger charge is -2.28. The lowest BCUT2D eigenvalue weighted by Crippen LogP contribution is -2.37. The molecule has 0 unspecified atom stereocenters. The van der Waals surface area contributed by atoms with E-state index in [2.05, 4.69) is 58.1 Å². The first-order valence-corrected chi connectivity index (χ1v) is 12.9. The molecular formula is C30H37N3O3. The van der Waals surface area contributed by atoms with Crippen LogP contribution < -0.4 is 9.64 Å². The number of esters is 1. The summed E-state index contributed by atoms with van der Waals surface area (Å²) in [5.41, 5.74) is 3.91. The minimum absolute atomic E-state index is 0.165. The SMILES string of the molecule is CCN(Cc1ccc(OCc2ccccc2)cc1)[C@@H]1CCN(c2nccc(C)c2C(=O)OC(C)C)C1. The number of carbonyl (C=O) groups excluding carboxylic acids is 1. The molecule has 3 aromatic rings.